The predicted molar refractivity (Wildman–Crippen MR) is 123 cm³/mol. The van der Waals surface area contributed by atoms with Gasteiger partial charge in [0.1, 0.15) is 11.6 Å². The van der Waals surface area contributed by atoms with E-state index in [1.807, 2.05) is 0 Å². The fourth-order valence-electron chi connectivity index (χ4n) is 3.93. The minimum absolute atomic E-state index is 0.0253. The zero-order valence-corrected chi connectivity index (χ0v) is 19.1. The minimum atomic E-state index is -4.50. The molecule has 34 heavy (non-hydrogen) atoms. The van der Waals surface area contributed by atoms with Gasteiger partial charge in [0.2, 0.25) is 0 Å². The summed E-state index contributed by atoms with van der Waals surface area (Å²) in [5, 5.41) is 3.49. The highest BCUT2D eigenvalue weighted by Crippen LogP contribution is 2.31. The van der Waals surface area contributed by atoms with E-state index in [4.69, 9.17) is 5.73 Å². The molecule has 1 saturated heterocycles. The summed E-state index contributed by atoms with van der Waals surface area (Å²) < 4.78 is 67.7. The summed E-state index contributed by atoms with van der Waals surface area (Å²) in [6, 6.07) is 5.19. The molecule has 0 radical (unpaired) electrons. The van der Waals surface area contributed by atoms with Crippen molar-refractivity contribution in [2.75, 3.05) is 18.0 Å². The first kappa shape index (κ1) is 25.3. The Kier molecular flexibility index (Phi) is 7.39. The van der Waals surface area contributed by atoms with Crippen LogP contribution in [0.15, 0.2) is 41.5 Å². The molecular weight excluding hydrogens is 477 g/mol. The van der Waals surface area contributed by atoms with Crippen molar-refractivity contribution in [1.82, 2.24) is 10.3 Å². The van der Waals surface area contributed by atoms with Crippen molar-refractivity contribution in [2.24, 2.45) is 10.8 Å². The van der Waals surface area contributed by atoms with Gasteiger partial charge >= 0.3 is 6.18 Å². The highest BCUT2D eigenvalue weighted by Gasteiger charge is 2.35. The van der Waals surface area contributed by atoms with Gasteiger partial charge in [-0.15, -0.1) is 0 Å². The maximum atomic E-state index is 14.8. The molecule has 0 aromatic heterocycles. The van der Waals surface area contributed by atoms with Gasteiger partial charge in [-0.3, -0.25) is 10.2 Å². The molecule has 0 bridgehead atoms. The van der Waals surface area contributed by atoms with Gasteiger partial charge in [0.05, 0.1) is 17.5 Å². The molecule has 2 atom stereocenters. The summed E-state index contributed by atoms with van der Waals surface area (Å²) in [6.07, 6.45) is -3.45. The molecule has 0 aliphatic carbocycles. The Morgan fingerprint density at radius 1 is 1.12 bits per heavy atom. The molecule has 1 amide bonds. The molecular formula is C22H22F5N5OS. The van der Waals surface area contributed by atoms with Crippen LogP contribution in [0.25, 0.3) is 0 Å². The molecule has 1 aliphatic rings. The van der Waals surface area contributed by atoms with E-state index in [0.29, 0.717) is 0 Å². The van der Waals surface area contributed by atoms with E-state index in [2.05, 4.69) is 22.7 Å². The first-order valence-electron chi connectivity index (χ1n) is 10.2. The zero-order chi connectivity index (χ0) is 25.2. The average Bonchev–Trinajstić information content (AvgIpc) is 2.74. The van der Waals surface area contributed by atoms with Gasteiger partial charge in [-0.05, 0) is 56.4 Å². The molecule has 2 aromatic rings. The summed E-state index contributed by atoms with van der Waals surface area (Å²) >= 11 is 4.58. The smallest absolute Gasteiger partial charge is 0.375 e. The van der Waals surface area contributed by atoms with Gasteiger partial charge in [-0.2, -0.15) is 18.3 Å². The van der Waals surface area contributed by atoms with Crippen LogP contribution in [0.2, 0.25) is 0 Å². The Balaban J connectivity index is 1.77. The fourth-order valence-corrected chi connectivity index (χ4v) is 3.98. The molecule has 0 spiro atoms. The standard InChI is InChI=1S/C22H22F5N5OS/c1-12-10-31(19-8-17(23)15(7-18(19)24)9-29-30-21(28)34)11-13(2)32(12)20(33)14-3-5-16(6-4-14)22(25,26)27/h3-9,12-13H,10-11H2,1-2H3,(H3,28,30,34)/b29-9+/t12-,13+. The second-order valence-corrected chi connectivity index (χ2v) is 8.39. The summed E-state index contributed by atoms with van der Waals surface area (Å²) in [5.74, 6) is -1.83. The third kappa shape index (κ3) is 5.61. The lowest BCUT2D eigenvalue weighted by atomic mass is 10.0. The Labute approximate surface area is 198 Å². The molecule has 1 aliphatic heterocycles. The number of hydrogen-bond donors (Lipinski definition) is 2. The number of nitrogens with zero attached hydrogens (tertiary/aromatic N) is 3. The van der Waals surface area contributed by atoms with E-state index in [1.165, 1.54) is 4.90 Å². The van der Waals surface area contributed by atoms with Crippen molar-refractivity contribution in [3.8, 4) is 0 Å². The Morgan fingerprint density at radius 2 is 1.71 bits per heavy atom. The molecule has 2 aromatic carbocycles. The number of benzene rings is 2. The van der Waals surface area contributed by atoms with Crippen LogP contribution in [0.3, 0.4) is 0 Å². The first-order valence-corrected chi connectivity index (χ1v) is 10.6. The van der Waals surface area contributed by atoms with Crippen molar-refractivity contribution >= 4 is 35.1 Å². The van der Waals surface area contributed by atoms with Crippen LogP contribution in [0, 0.1) is 11.6 Å². The Bertz CT molecular complexity index is 1090. The van der Waals surface area contributed by atoms with Crippen LogP contribution in [-0.2, 0) is 6.18 Å². The normalized spacial score (nSPS) is 18.9. The molecule has 0 unspecified atom stereocenters. The second kappa shape index (κ2) is 9.92. The van der Waals surface area contributed by atoms with Crippen LogP contribution >= 0.6 is 12.2 Å². The number of anilines is 1. The number of amides is 1. The van der Waals surface area contributed by atoms with E-state index < -0.39 is 41.4 Å². The van der Waals surface area contributed by atoms with Crippen LogP contribution in [0.5, 0.6) is 0 Å². The number of hydrazone groups is 1. The van der Waals surface area contributed by atoms with Crippen molar-refractivity contribution in [3.63, 3.8) is 0 Å². The van der Waals surface area contributed by atoms with Crippen molar-refractivity contribution < 1.29 is 26.7 Å². The van der Waals surface area contributed by atoms with Crippen LogP contribution in [0.1, 0.15) is 35.3 Å². The largest absolute Gasteiger partial charge is 0.416 e. The Morgan fingerprint density at radius 3 is 2.24 bits per heavy atom. The average molecular weight is 500 g/mol. The van der Waals surface area contributed by atoms with Gasteiger partial charge < -0.3 is 15.5 Å². The summed E-state index contributed by atoms with van der Waals surface area (Å²) in [4.78, 5) is 16.2. The van der Waals surface area contributed by atoms with Crippen LogP contribution in [0.4, 0.5) is 27.6 Å². The molecule has 3 rings (SSSR count). The molecule has 1 fully saturated rings. The molecule has 1 heterocycles. The summed E-state index contributed by atoms with van der Waals surface area (Å²) in [7, 11) is 0. The first-order chi connectivity index (χ1) is 15.9. The predicted octanol–water partition coefficient (Wildman–Crippen LogP) is 3.89. The number of alkyl halides is 3. The van der Waals surface area contributed by atoms with Gasteiger partial charge in [-0.1, -0.05) is 0 Å². The molecule has 3 N–H and O–H groups in total. The van der Waals surface area contributed by atoms with Gasteiger partial charge in [-0.25, -0.2) is 8.78 Å². The van der Waals surface area contributed by atoms with Crippen LogP contribution in [-0.4, -0.2) is 47.3 Å². The number of nitrogens with one attached hydrogen (secondary N) is 1. The highest BCUT2D eigenvalue weighted by molar-refractivity contribution is 7.80. The minimum Gasteiger partial charge on any atom is -0.375 e. The molecule has 6 nitrogen and oxygen atoms in total. The van der Waals surface area contributed by atoms with Crippen molar-refractivity contribution in [2.45, 2.75) is 32.1 Å². The lowest BCUT2D eigenvalue weighted by Crippen LogP contribution is -2.59. The number of piperazine rings is 1. The molecule has 0 saturated carbocycles. The number of thiocarbonyl (C=S) groups is 1. The zero-order valence-electron chi connectivity index (χ0n) is 18.2. The number of rotatable bonds is 4. The van der Waals surface area contributed by atoms with E-state index in [-0.39, 0.29) is 35.0 Å². The second-order valence-electron chi connectivity index (χ2n) is 7.95. The lowest BCUT2D eigenvalue weighted by molar-refractivity contribution is -0.137. The monoisotopic (exact) mass is 499 g/mol. The summed E-state index contributed by atoms with van der Waals surface area (Å²) in [6.45, 7) is 3.87. The van der Waals surface area contributed by atoms with Crippen molar-refractivity contribution in [3.05, 3.63) is 64.7 Å². The maximum absolute atomic E-state index is 14.8. The number of nitrogens with two attached hydrogens (primary N) is 1. The van der Waals surface area contributed by atoms with Gasteiger partial charge in [0.25, 0.3) is 5.91 Å². The van der Waals surface area contributed by atoms with E-state index in [0.717, 1.165) is 42.6 Å². The number of halogens is 5. The number of hydrogen-bond acceptors (Lipinski definition) is 4. The third-order valence-electron chi connectivity index (χ3n) is 5.40. The lowest BCUT2D eigenvalue weighted by Gasteiger charge is -2.45. The fraction of sp³-hybridized carbons (Fsp3) is 0.318. The summed E-state index contributed by atoms with van der Waals surface area (Å²) in [5.41, 5.74) is 6.67. The van der Waals surface area contributed by atoms with Gasteiger partial charge in [0, 0.05) is 42.4 Å². The molecule has 182 valence electrons. The number of carbonyl (C=O) groups is 1. The number of carbonyl (C=O) groups excluding carboxylic acids is 1. The SMILES string of the molecule is C[C@@H]1CN(c2cc(F)c(/C=N/NC(N)=S)cc2F)C[C@H](C)N1C(=O)c1ccc(C(F)(F)F)cc1. The highest BCUT2D eigenvalue weighted by atomic mass is 32.1. The maximum Gasteiger partial charge on any atom is 0.416 e. The van der Waals surface area contributed by atoms with Gasteiger partial charge in [0.15, 0.2) is 5.11 Å². The van der Waals surface area contributed by atoms with E-state index in [1.54, 1.807) is 18.7 Å². The Hall–Kier alpha value is -3.28. The van der Waals surface area contributed by atoms with Crippen LogP contribution < -0.4 is 16.1 Å². The van der Waals surface area contributed by atoms with Crippen molar-refractivity contribution in [1.29, 1.82) is 0 Å². The quantitative estimate of drug-likeness (QED) is 0.289. The topological polar surface area (TPSA) is 74.0 Å². The van der Waals surface area contributed by atoms with E-state index in [9.17, 15) is 26.7 Å². The third-order valence-corrected chi connectivity index (χ3v) is 5.49. The molecule has 12 heteroatoms. The van der Waals surface area contributed by atoms with E-state index >= 15 is 0 Å².